The second kappa shape index (κ2) is 13.1. The fourth-order valence-corrected chi connectivity index (χ4v) is 8.43. The van der Waals surface area contributed by atoms with Crippen molar-refractivity contribution < 1.29 is 0 Å². The van der Waals surface area contributed by atoms with Crippen LogP contribution in [-0.2, 0) is 0 Å². The molecule has 12 rings (SSSR count). The molecule has 6 heteroatoms. The molecule has 0 N–H and O–H groups in total. The summed E-state index contributed by atoms with van der Waals surface area (Å²) in [5.74, 6) is 2.80. The van der Waals surface area contributed by atoms with E-state index in [1.807, 2.05) is 97.2 Å². The van der Waals surface area contributed by atoms with Gasteiger partial charge in [-0.2, -0.15) is 0 Å². The molecule has 0 aliphatic heterocycles. The lowest BCUT2D eigenvalue weighted by molar-refractivity contribution is 0.754. The van der Waals surface area contributed by atoms with E-state index < -0.39 is 0 Å². The number of rotatable bonds is 6. The highest BCUT2D eigenvalue weighted by atomic mass is 15.0. The fraction of sp³-hybridized carbons (Fsp3) is 0.0400. The standard InChI is InChI=1S/C50H32N6/c1-4-13-31(14-5-1)47-52-43(29-44(53-47)36-19-12-26-51-30-36)34-22-24-39-41(27-34)45-37-20-10-11-21-38(37)46(39)42-28-35(23-25-40(42)45)50-55-48(32-15-6-2-7-16-32)54-49(56-50)33-17-8-3-9-18-33/h1-30,45-46H. The third-order valence-electron chi connectivity index (χ3n) is 11.0. The van der Waals surface area contributed by atoms with Crippen LogP contribution < -0.4 is 0 Å². The van der Waals surface area contributed by atoms with Crippen molar-refractivity contribution in [2.24, 2.45) is 0 Å². The monoisotopic (exact) mass is 716 g/mol. The maximum Gasteiger partial charge on any atom is 0.164 e. The molecule has 56 heavy (non-hydrogen) atoms. The summed E-state index contributed by atoms with van der Waals surface area (Å²) in [5, 5.41) is 0. The van der Waals surface area contributed by atoms with Crippen LogP contribution in [0.3, 0.4) is 0 Å². The second-order valence-corrected chi connectivity index (χ2v) is 14.3. The largest absolute Gasteiger partial charge is 0.264 e. The van der Waals surface area contributed by atoms with Crippen LogP contribution in [0.2, 0.25) is 0 Å². The van der Waals surface area contributed by atoms with Crippen molar-refractivity contribution in [1.29, 1.82) is 0 Å². The van der Waals surface area contributed by atoms with Crippen molar-refractivity contribution in [3.63, 3.8) is 0 Å². The van der Waals surface area contributed by atoms with Crippen LogP contribution in [0.25, 0.3) is 68.1 Å². The molecule has 0 spiro atoms. The molecule has 3 aliphatic carbocycles. The summed E-state index contributed by atoms with van der Waals surface area (Å²) in [4.78, 5) is 29.6. The lowest BCUT2D eigenvalue weighted by Gasteiger charge is -2.42. The van der Waals surface area contributed by atoms with Gasteiger partial charge >= 0.3 is 0 Å². The highest BCUT2D eigenvalue weighted by Gasteiger charge is 2.41. The van der Waals surface area contributed by atoms with Gasteiger partial charge in [0.1, 0.15) is 0 Å². The third kappa shape index (κ3) is 5.42. The predicted molar refractivity (Wildman–Crippen MR) is 221 cm³/mol. The van der Waals surface area contributed by atoms with Gasteiger partial charge in [0.05, 0.1) is 11.4 Å². The summed E-state index contributed by atoms with van der Waals surface area (Å²) >= 11 is 0. The zero-order valence-corrected chi connectivity index (χ0v) is 30.2. The minimum atomic E-state index is 0.0652. The Bertz CT molecular complexity index is 2600. The zero-order valence-electron chi connectivity index (χ0n) is 30.2. The zero-order chi connectivity index (χ0) is 37.0. The van der Waals surface area contributed by atoms with E-state index in [4.69, 9.17) is 24.9 Å². The summed E-state index contributed by atoms with van der Waals surface area (Å²) in [6.45, 7) is 0. The lowest BCUT2D eigenvalue weighted by Crippen LogP contribution is -2.27. The van der Waals surface area contributed by atoms with E-state index >= 15 is 0 Å². The van der Waals surface area contributed by atoms with Crippen LogP contribution in [0, 0.1) is 0 Å². The molecule has 2 bridgehead atoms. The molecule has 0 fully saturated rings. The molecule has 2 atom stereocenters. The number of benzene rings is 6. The summed E-state index contributed by atoms with van der Waals surface area (Å²) in [6.07, 6.45) is 3.64. The molecule has 2 unspecified atom stereocenters. The van der Waals surface area contributed by atoms with Crippen LogP contribution in [0.4, 0.5) is 0 Å². The van der Waals surface area contributed by atoms with E-state index in [1.165, 1.54) is 33.4 Å². The Hall–Kier alpha value is -7.44. The smallest absolute Gasteiger partial charge is 0.164 e. The van der Waals surface area contributed by atoms with E-state index in [-0.39, 0.29) is 11.8 Å². The van der Waals surface area contributed by atoms with Gasteiger partial charge in [0.15, 0.2) is 23.3 Å². The van der Waals surface area contributed by atoms with E-state index in [0.717, 1.165) is 44.8 Å². The first-order chi connectivity index (χ1) is 27.7. The Balaban J connectivity index is 1.05. The number of hydrogen-bond donors (Lipinski definition) is 0. The van der Waals surface area contributed by atoms with Crippen molar-refractivity contribution in [1.82, 2.24) is 29.9 Å². The quantitative estimate of drug-likeness (QED) is 0.170. The number of aromatic nitrogens is 6. The molecule has 6 nitrogen and oxygen atoms in total. The van der Waals surface area contributed by atoms with Crippen molar-refractivity contribution in [3.05, 3.63) is 216 Å². The van der Waals surface area contributed by atoms with Gasteiger partial charge in [-0.05, 0) is 63.7 Å². The summed E-state index contributed by atoms with van der Waals surface area (Å²) in [7, 11) is 0. The van der Waals surface area contributed by atoms with Gasteiger partial charge in [0, 0.05) is 57.6 Å². The minimum Gasteiger partial charge on any atom is -0.264 e. The Morgan fingerprint density at radius 3 is 1.21 bits per heavy atom. The molecule has 6 aromatic carbocycles. The maximum absolute atomic E-state index is 5.15. The Morgan fingerprint density at radius 1 is 0.286 bits per heavy atom. The van der Waals surface area contributed by atoms with Gasteiger partial charge in [-0.15, -0.1) is 0 Å². The van der Waals surface area contributed by atoms with Gasteiger partial charge in [0.25, 0.3) is 0 Å². The molecule has 0 radical (unpaired) electrons. The van der Waals surface area contributed by atoms with Crippen molar-refractivity contribution in [2.75, 3.05) is 0 Å². The van der Waals surface area contributed by atoms with Gasteiger partial charge in [-0.3, -0.25) is 4.98 Å². The molecule has 9 aromatic rings. The first kappa shape index (κ1) is 32.0. The molecule has 0 saturated carbocycles. The van der Waals surface area contributed by atoms with E-state index in [2.05, 4.69) is 83.8 Å². The Morgan fingerprint density at radius 2 is 0.696 bits per heavy atom. The van der Waals surface area contributed by atoms with Gasteiger partial charge in [0.2, 0.25) is 0 Å². The summed E-state index contributed by atoms with van der Waals surface area (Å²) < 4.78 is 0. The van der Waals surface area contributed by atoms with Crippen LogP contribution in [0.1, 0.15) is 45.2 Å². The van der Waals surface area contributed by atoms with E-state index in [0.29, 0.717) is 23.3 Å². The van der Waals surface area contributed by atoms with Crippen molar-refractivity contribution >= 4 is 0 Å². The molecular weight excluding hydrogens is 685 g/mol. The van der Waals surface area contributed by atoms with Crippen LogP contribution in [0.15, 0.2) is 182 Å². The van der Waals surface area contributed by atoms with Gasteiger partial charge in [-0.25, -0.2) is 24.9 Å². The Labute approximate surface area is 324 Å². The number of hydrogen-bond acceptors (Lipinski definition) is 6. The second-order valence-electron chi connectivity index (χ2n) is 14.3. The van der Waals surface area contributed by atoms with Gasteiger partial charge in [-0.1, -0.05) is 140 Å². The molecular formula is C50H32N6. The number of nitrogens with zero attached hydrogens (tertiary/aromatic N) is 6. The molecule has 0 saturated heterocycles. The Kier molecular flexibility index (Phi) is 7.52. The van der Waals surface area contributed by atoms with Crippen molar-refractivity contribution in [3.8, 4) is 68.1 Å². The first-order valence-corrected chi connectivity index (χ1v) is 18.8. The molecule has 3 heterocycles. The minimum absolute atomic E-state index is 0.0652. The molecule has 262 valence electrons. The highest BCUT2D eigenvalue weighted by molar-refractivity contribution is 5.77. The predicted octanol–water partition coefficient (Wildman–Crippen LogP) is 11.0. The molecule has 3 aliphatic rings. The fourth-order valence-electron chi connectivity index (χ4n) is 8.43. The van der Waals surface area contributed by atoms with Crippen LogP contribution in [-0.4, -0.2) is 29.9 Å². The van der Waals surface area contributed by atoms with Crippen LogP contribution >= 0.6 is 0 Å². The molecule has 0 amide bonds. The van der Waals surface area contributed by atoms with Crippen molar-refractivity contribution in [2.45, 2.75) is 11.8 Å². The third-order valence-corrected chi connectivity index (χ3v) is 11.0. The average molecular weight is 717 g/mol. The lowest BCUT2D eigenvalue weighted by atomic mass is 9.60. The first-order valence-electron chi connectivity index (χ1n) is 18.8. The molecule has 3 aromatic heterocycles. The van der Waals surface area contributed by atoms with Crippen LogP contribution in [0.5, 0.6) is 0 Å². The average Bonchev–Trinajstić information content (AvgIpc) is 3.29. The normalized spacial score (nSPS) is 14.8. The summed E-state index contributed by atoms with van der Waals surface area (Å²) in [5.41, 5.74) is 15.5. The SMILES string of the molecule is c1ccc(-c2nc(-c3cccnc3)cc(-c3ccc4c(c3)C3c5ccccc5C4c4cc(-c5nc(-c6ccccc6)nc(-c6ccccc6)n5)ccc43)n2)cc1. The summed E-state index contributed by atoms with van der Waals surface area (Å²) in [6, 6.07) is 59.1. The van der Waals surface area contributed by atoms with Gasteiger partial charge < -0.3 is 0 Å². The topological polar surface area (TPSA) is 77.3 Å². The highest BCUT2D eigenvalue weighted by Crippen LogP contribution is 2.56. The maximum atomic E-state index is 5.15. The number of pyridine rings is 1. The van der Waals surface area contributed by atoms with E-state index in [1.54, 1.807) is 6.20 Å². The van der Waals surface area contributed by atoms with E-state index in [9.17, 15) is 0 Å².